The third-order valence-corrected chi connectivity index (χ3v) is 7.33. The van der Waals surface area contributed by atoms with Crippen molar-refractivity contribution in [2.75, 3.05) is 46.3 Å². The van der Waals surface area contributed by atoms with E-state index in [-0.39, 0.29) is 62.4 Å². The summed E-state index contributed by atoms with van der Waals surface area (Å²) in [5, 5.41) is 0. The Morgan fingerprint density at radius 2 is 1.62 bits per heavy atom. The van der Waals surface area contributed by atoms with Crippen LogP contribution in [0.15, 0.2) is 29.2 Å². The minimum atomic E-state index is -4.56. The van der Waals surface area contributed by atoms with Crippen molar-refractivity contribution in [1.29, 1.82) is 0 Å². The van der Waals surface area contributed by atoms with Gasteiger partial charge in [-0.25, -0.2) is 13.2 Å². The fourth-order valence-electron chi connectivity index (χ4n) is 3.58. The van der Waals surface area contributed by atoms with E-state index in [1.807, 2.05) is 0 Å². The number of benzene rings is 1. The number of urea groups is 1. The number of carbonyl (C=O) groups excluding carboxylic acids is 3. The van der Waals surface area contributed by atoms with Gasteiger partial charge in [-0.3, -0.25) is 14.5 Å². The maximum Gasteiger partial charge on any atom is 0.416 e. The molecule has 0 spiro atoms. The Hall–Kier alpha value is -2.67. The van der Waals surface area contributed by atoms with E-state index < -0.39 is 27.8 Å². The average Bonchev–Trinajstić information content (AvgIpc) is 2.99. The van der Waals surface area contributed by atoms with Crippen molar-refractivity contribution < 1.29 is 36.0 Å². The van der Waals surface area contributed by atoms with E-state index in [9.17, 15) is 36.0 Å². The summed E-state index contributed by atoms with van der Waals surface area (Å²) in [5.74, 6) is -0.531. The number of alkyl halides is 3. The first-order valence-corrected chi connectivity index (χ1v) is 11.4. The van der Waals surface area contributed by atoms with Crippen molar-refractivity contribution in [1.82, 2.24) is 19.0 Å². The van der Waals surface area contributed by atoms with E-state index >= 15 is 0 Å². The van der Waals surface area contributed by atoms with Crippen molar-refractivity contribution in [3.8, 4) is 0 Å². The maximum absolute atomic E-state index is 12.7. The molecule has 9 nitrogen and oxygen atoms in total. The number of sulfonamides is 1. The van der Waals surface area contributed by atoms with Crippen LogP contribution in [0.3, 0.4) is 0 Å². The summed E-state index contributed by atoms with van der Waals surface area (Å²) in [6, 6.07) is 2.90. The van der Waals surface area contributed by atoms with Crippen LogP contribution in [0, 0.1) is 0 Å². The molecule has 2 fully saturated rings. The Balaban J connectivity index is 1.50. The molecule has 0 unspecified atom stereocenters. The third kappa shape index (κ3) is 5.04. The second kappa shape index (κ2) is 9.06. The molecule has 2 heterocycles. The van der Waals surface area contributed by atoms with Crippen LogP contribution < -0.4 is 0 Å². The number of halogens is 3. The van der Waals surface area contributed by atoms with Gasteiger partial charge in [0.15, 0.2) is 0 Å². The second-order valence-electron chi connectivity index (χ2n) is 7.59. The quantitative estimate of drug-likeness (QED) is 0.575. The van der Waals surface area contributed by atoms with E-state index in [0.29, 0.717) is 6.42 Å². The van der Waals surface area contributed by atoms with E-state index in [2.05, 4.69) is 0 Å². The van der Waals surface area contributed by atoms with Gasteiger partial charge in [0.2, 0.25) is 21.8 Å². The van der Waals surface area contributed by atoms with Crippen molar-refractivity contribution in [2.45, 2.75) is 23.9 Å². The molecular weight excluding hydrogens is 453 g/mol. The zero-order chi connectivity index (χ0) is 23.7. The van der Waals surface area contributed by atoms with Gasteiger partial charge in [0.25, 0.3) is 0 Å². The smallest absolute Gasteiger partial charge is 0.340 e. The zero-order valence-corrected chi connectivity index (χ0v) is 18.2. The molecule has 1 aromatic carbocycles. The van der Waals surface area contributed by atoms with Gasteiger partial charge in [-0.2, -0.15) is 17.5 Å². The van der Waals surface area contributed by atoms with Crippen LogP contribution in [0.25, 0.3) is 0 Å². The van der Waals surface area contributed by atoms with Crippen molar-refractivity contribution in [2.24, 2.45) is 0 Å². The second-order valence-corrected chi connectivity index (χ2v) is 9.53. The number of likely N-dealkylation sites (N-methyl/N-ethyl adjacent to an activating group) is 1. The lowest BCUT2D eigenvalue weighted by atomic mass is 10.2. The number of imide groups is 1. The molecule has 0 bridgehead atoms. The number of amides is 4. The fourth-order valence-corrected chi connectivity index (χ4v) is 5.00. The Morgan fingerprint density at radius 3 is 2.12 bits per heavy atom. The molecule has 2 aliphatic rings. The summed E-state index contributed by atoms with van der Waals surface area (Å²) in [4.78, 5) is 39.6. The number of rotatable bonds is 6. The van der Waals surface area contributed by atoms with Crippen LogP contribution in [-0.4, -0.2) is 91.6 Å². The lowest BCUT2D eigenvalue weighted by Gasteiger charge is -2.34. The van der Waals surface area contributed by atoms with Gasteiger partial charge in [0.05, 0.1) is 10.5 Å². The molecule has 0 saturated carbocycles. The Morgan fingerprint density at radius 1 is 1.03 bits per heavy atom. The van der Waals surface area contributed by atoms with Gasteiger partial charge in [0.1, 0.15) is 6.54 Å². The number of hydrogen-bond acceptors (Lipinski definition) is 5. The van der Waals surface area contributed by atoms with Crippen molar-refractivity contribution in [3.63, 3.8) is 0 Å². The molecule has 0 aliphatic carbocycles. The molecule has 4 amide bonds. The summed E-state index contributed by atoms with van der Waals surface area (Å²) < 4.78 is 64.6. The predicted molar refractivity (Wildman–Crippen MR) is 106 cm³/mol. The first-order valence-electron chi connectivity index (χ1n) is 9.92. The monoisotopic (exact) mass is 476 g/mol. The first kappa shape index (κ1) is 24.0. The molecule has 0 N–H and O–H groups in total. The van der Waals surface area contributed by atoms with Crippen molar-refractivity contribution >= 4 is 27.9 Å². The van der Waals surface area contributed by atoms with Crippen LogP contribution in [0.1, 0.15) is 18.4 Å². The SMILES string of the molecule is CN1CC(=O)N(CCCC(=O)N2CCN(S(=O)(=O)c3ccc(C(F)(F)F)cc3)CC2)C1=O. The summed E-state index contributed by atoms with van der Waals surface area (Å²) in [5.41, 5.74) is -0.934. The summed E-state index contributed by atoms with van der Waals surface area (Å²) in [6.07, 6.45) is -4.15. The van der Waals surface area contributed by atoms with E-state index in [0.717, 1.165) is 33.5 Å². The van der Waals surface area contributed by atoms with Crippen LogP contribution in [0.5, 0.6) is 0 Å². The van der Waals surface area contributed by atoms with E-state index in [4.69, 9.17) is 0 Å². The predicted octanol–water partition coefficient (Wildman–Crippen LogP) is 1.21. The topological polar surface area (TPSA) is 98.3 Å². The lowest BCUT2D eigenvalue weighted by Crippen LogP contribution is -2.50. The molecule has 0 aromatic heterocycles. The lowest BCUT2D eigenvalue weighted by molar-refractivity contribution is -0.137. The minimum absolute atomic E-state index is 0.0160. The van der Waals surface area contributed by atoms with E-state index in [1.165, 1.54) is 16.8 Å². The molecule has 3 rings (SSSR count). The number of carbonyl (C=O) groups is 3. The van der Waals surface area contributed by atoms with Gasteiger partial charge < -0.3 is 9.80 Å². The van der Waals surface area contributed by atoms with Crippen LogP contribution in [-0.2, 0) is 25.8 Å². The average molecular weight is 476 g/mol. The summed E-state index contributed by atoms with van der Waals surface area (Å²) in [6.45, 7) is 0.468. The molecule has 32 heavy (non-hydrogen) atoms. The standard InChI is InChI=1S/C19H23F3N4O5S/c1-23-13-17(28)26(18(23)29)8-2-3-16(27)24-9-11-25(12-10-24)32(30,31)15-6-4-14(5-7-15)19(20,21)22/h4-7H,2-3,8-13H2,1H3. The Labute approximate surface area is 183 Å². The summed E-state index contributed by atoms with van der Waals surface area (Å²) in [7, 11) is -2.46. The van der Waals surface area contributed by atoms with Crippen LogP contribution in [0.4, 0.5) is 18.0 Å². The molecule has 13 heteroatoms. The molecule has 0 radical (unpaired) electrons. The van der Waals surface area contributed by atoms with Crippen LogP contribution in [0.2, 0.25) is 0 Å². The highest BCUT2D eigenvalue weighted by Crippen LogP contribution is 2.30. The van der Waals surface area contributed by atoms with Crippen LogP contribution >= 0.6 is 0 Å². The summed E-state index contributed by atoms with van der Waals surface area (Å²) >= 11 is 0. The molecule has 2 aliphatic heterocycles. The number of hydrogen-bond donors (Lipinski definition) is 0. The maximum atomic E-state index is 12.7. The van der Waals surface area contributed by atoms with E-state index in [1.54, 1.807) is 0 Å². The normalized spacial score (nSPS) is 18.6. The van der Waals surface area contributed by atoms with Gasteiger partial charge in [-0.15, -0.1) is 0 Å². The Kier molecular flexibility index (Phi) is 6.79. The molecule has 176 valence electrons. The number of nitrogens with zero attached hydrogens (tertiary/aromatic N) is 4. The number of piperazine rings is 1. The minimum Gasteiger partial charge on any atom is -0.340 e. The van der Waals surface area contributed by atoms with Gasteiger partial charge in [0, 0.05) is 46.2 Å². The largest absolute Gasteiger partial charge is 0.416 e. The van der Waals surface area contributed by atoms with Gasteiger partial charge >= 0.3 is 12.2 Å². The highest BCUT2D eigenvalue weighted by molar-refractivity contribution is 7.89. The highest BCUT2D eigenvalue weighted by atomic mass is 32.2. The fraction of sp³-hybridized carbons (Fsp3) is 0.526. The highest BCUT2D eigenvalue weighted by Gasteiger charge is 2.34. The van der Waals surface area contributed by atoms with Gasteiger partial charge in [-0.05, 0) is 30.7 Å². The Bertz CT molecular complexity index is 989. The molecule has 1 aromatic rings. The molecular formula is C19H23F3N4O5S. The van der Waals surface area contributed by atoms with Crippen molar-refractivity contribution in [3.05, 3.63) is 29.8 Å². The van der Waals surface area contributed by atoms with Gasteiger partial charge in [-0.1, -0.05) is 0 Å². The molecule has 2 saturated heterocycles. The first-order chi connectivity index (χ1) is 14.9. The third-order valence-electron chi connectivity index (χ3n) is 5.41. The molecule has 0 atom stereocenters. The zero-order valence-electron chi connectivity index (χ0n) is 17.3.